The second-order valence-corrected chi connectivity index (χ2v) is 5.54. The summed E-state index contributed by atoms with van der Waals surface area (Å²) in [7, 11) is 0. The average molecular weight is 211 g/mol. The highest BCUT2D eigenvalue weighted by molar-refractivity contribution is 5.84. The van der Waals surface area contributed by atoms with Crippen molar-refractivity contribution in [1.82, 2.24) is 0 Å². The fourth-order valence-electron chi connectivity index (χ4n) is 3.00. The Kier molecular flexibility index (Phi) is 3.80. The van der Waals surface area contributed by atoms with Crippen molar-refractivity contribution in [3.8, 4) is 0 Å². The molecule has 0 aromatic heterocycles. The predicted octanol–water partition coefficient (Wildman–Crippen LogP) is 4.22. The highest BCUT2D eigenvalue weighted by Crippen LogP contribution is 2.53. The maximum Gasteiger partial charge on any atom is 0.0571 e. The molecule has 0 bridgehead atoms. The third-order valence-corrected chi connectivity index (χ3v) is 4.92. The summed E-state index contributed by atoms with van der Waals surface area (Å²) in [4.78, 5) is 0. The maximum absolute atomic E-state index is 8.78. The number of oxime groups is 1. The summed E-state index contributed by atoms with van der Waals surface area (Å²) >= 11 is 0. The lowest BCUT2D eigenvalue weighted by Gasteiger charge is -2.49. The van der Waals surface area contributed by atoms with E-state index in [-0.39, 0.29) is 0 Å². The van der Waals surface area contributed by atoms with Gasteiger partial charge in [-0.1, -0.05) is 39.3 Å². The molecule has 1 rings (SSSR count). The highest BCUT2D eigenvalue weighted by Gasteiger charge is 2.43. The van der Waals surface area contributed by atoms with Crippen LogP contribution in [-0.4, -0.2) is 10.9 Å². The van der Waals surface area contributed by atoms with Crippen LogP contribution in [0.5, 0.6) is 0 Å². The van der Waals surface area contributed by atoms with E-state index in [2.05, 4.69) is 32.9 Å². The molecule has 1 fully saturated rings. The highest BCUT2D eigenvalue weighted by atomic mass is 16.4. The Labute approximate surface area is 93.8 Å². The fourth-order valence-corrected chi connectivity index (χ4v) is 3.00. The van der Waals surface area contributed by atoms with Crippen LogP contribution in [0.1, 0.15) is 66.2 Å². The molecule has 1 aliphatic carbocycles. The molecule has 0 radical (unpaired) electrons. The molecule has 0 saturated heterocycles. The van der Waals surface area contributed by atoms with Crippen molar-refractivity contribution < 1.29 is 5.21 Å². The van der Waals surface area contributed by atoms with Crippen LogP contribution in [0.3, 0.4) is 0 Å². The smallest absolute Gasteiger partial charge is 0.0571 e. The van der Waals surface area contributed by atoms with Gasteiger partial charge in [-0.25, -0.2) is 0 Å². The molecule has 88 valence electrons. The van der Waals surface area contributed by atoms with E-state index in [4.69, 9.17) is 5.21 Å². The van der Waals surface area contributed by atoms with E-state index in [0.717, 1.165) is 18.6 Å². The molecule has 0 aromatic carbocycles. The number of rotatable bonds is 3. The molecule has 0 amide bonds. The Morgan fingerprint density at radius 3 is 2.13 bits per heavy atom. The van der Waals surface area contributed by atoms with E-state index in [1.807, 2.05) is 0 Å². The van der Waals surface area contributed by atoms with Crippen LogP contribution in [0.15, 0.2) is 5.16 Å². The van der Waals surface area contributed by atoms with Gasteiger partial charge in [0, 0.05) is 0 Å². The molecule has 0 aliphatic heterocycles. The monoisotopic (exact) mass is 211 g/mol. The molecule has 0 heterocycles. The zero-order valence-electron chi connectivity index (χ0n) is 10.6. The summed E-state index contributed by atoms with van der Waals surface area (Å²) < 4.78 is 0. The van der Waals surface area contributed by atoms with Crippen molar-refractivity contribution in [3.05, 3.63) is 0 Å². The maximum atomic E-state index is 8.78. The van der Waals surface area contributed by atoms with Gasteiger partial charge in [0.05, 0.1) is 5.71 Å². The molecule has 15 heavy (non-hydrogen) atoms. The van der Waals surface area contributed by atoms with Crippen molar-refractivity contribution in [2.24, 2.45) is 16.0 Å². The van der Waals surface area contributed by atoms with Crippen molar-refractivity contribution in [2.75, 3.05) is 0 Å². The van der Waals surface area contributed by atoms with Gasteiger partial charge in [0.2, 0.25) is 0 Å². The van der Waals surface area contributed by atoms with Crippen molar-refractivity contribution in [3.63, 3.8) is 0 Å². The molecular weight excluding hydrogens is 186 g/mol. The molecule has 1 N–H and O–H groups in total. The number of hydrogen-bond acceptors (Lipinski definition) is 2. The normalized spacial score (nSPS) is 27.9. The van der Waals surface area contributed by atoms with Gasteiger partial charge in [-0.2, -0.15) is 0 Å². The Balaban J connectivity index is 2.81. The van der Waals surface area contributed by atoms with Gasteiger partial charge in [-0.3, -0.25) is 0 Å². The third kappa shape index (κ3) is 2.19. The topological polar surface area (TPSA) is 32.6 Å². The predicted molar refractivity (Wildman–Crippen MR) is 64.5 cm³/mol. The standard InChI is InChI=1S/C13H25NO/c1-5-12(3,4)13(6-2)9-7-11(14-15)8-10-13/h15H,5-10H2,1-4H3. The van der Waals surface area contributed by atoms with Crippen LogP contribution < -0.4 is 0 Å². The second kappa shape index (κ2) is 4.54. The van der Waals surface area contributed by atoms with Crippen molar-refractivity contribution in [2.45, 2.75) is 66.2 Å². The van der Waals surface area contributed by atoms with E-state index in [9.17, 15) is 0 Å². The van der Waals surface area contributed by atoms with Gasteiger partial charge in [0.15, 0.2) is 0 Å². The van der Waals surface area contributed by atoms with Crippen LogP contribution in [0.25, 0.3) is 0 Å². The van der Waals surface area contributed by atoms with Gasteiger partial charge in [-0.05, 0) is 42.9 Å². The minimum absolute atomic E-state index is 0.405. The first-order valence-electron chi connectivity index (χ1n) is 6.21. The molecule has 0 spiro atoms. The minimum atomic E-state index is 0.405. The summed E-state index contributed by atoms with van der Waals surface area (Å²) in [6, 6.07) is 0. The molecular formula is C13H25NO. The second-order valence-electron chi connectivity index (χ2n) is 5.54. The minimum Gasteiger partial charge on any atom is -0.411 e. The zero-order chi connectivity index (χ0) is 11.5. The van der Waals surface area contributed by atoms with E-state index < -0.39 is 0 Å². The largest absolute Gasteiger partial charge is 0.411 e. The average Bonchev–Trinajstić information content (AvgIpc) is 2.29. The van der Waals surface area contributed by atoms with Gasteiger partial charge >= 0.3 is 0 Å². The lowest BCUT2D eigenvalue weighted by molar-refractivity contribution is 0.0345. The fraction of sp³-hybridized carbons (Fsp3) is 0.923. The van der Waals surface area contributed by atoms with E-state index in [1.165, 1.54) is 25.7 Å². The van der Waals surface area contributed by atoms with Crippen LogP contribution in [0.4, 0.5) is 0 Å². The summed E-state index contributed by atoms with van der Waals surface area (Å²) in [5.74, 6) is 0. The number of nitrogens with zero attached hydrogens (tertiary/aromatic N) is 1. The lowest BCUT2D eigenvalue weighted by Crippen LogP contribution is -2.40. The molecule has 2 nitrogen and oxygen atoms in total. The molecule has 1 aliphatic rings. The SMILES string of the molecule is CCC(C)(C)C1(CC)CCC(=NO)CC1. The molecule has 0 aromatic rings. The summed E-state index contributed by atoms with van der Waals surface area (Å²) in [5, 5.41) is 12.2. The van der Waals surface area contributed by atoms with Gasteiger partial charge in [0.25, 0.3) is 0 Å². The first-order valence-corrected chi connectivity index (χ1v) is 6.21. The van der Waals surface area contributed by atoms with Crippen molar-refractivity contribution in [1.29, 1.82) is 0 Å². The van der Waals surface area contributed by atoms with Gasteiger partial charge in [0.1, 0.15) is 0 Å². The number of hydrogen-bond donors (Lipinski definition) is 1. The Hall–Kier alpha value is -0.530. The molecule has 0 unspecified atom stereocenters. The lowest BCUT2D eigenvalue weighted by atomic mass is 9.56. The Morgan fingerprint density at radius 2 is 1.80 bits per heavy atom. The van der Waals surface area contributed by atoms with Crippen LogP contribution in [0.2, 0.25) is 0 Å². The Bertz CT molecular complexity index is 233. The van der Waals surface area contributed by atoms with Crippen LogP contribution >= 0.6 is 0 Å². The first kappa shape index (κ1) is 12.5. The molecule has 1 saturated carbocycles. The first-order chi connectivity index (χ1) is 7.01. The van der Waals surface area contributed by atoms with Crippen LogP contribution in [0, 0.1) is 10.8 Å². The van der Waals surface area contributed by atoms with Crippen molar-refractivity contribution >= 4 is 5.71 Å². The molecule has 0 atom stereocenters. The third-order valence-electron chi connectivity index (χ3n) is 4.92. The van der Waals surface area contributed by atoms with Gasteiger partial charge in [-0.15, -0.1) is 0 Å². The quantitative estimate of drug-likeness (QED) is 0.550. The van der Waals surface area contributed by atoms with E-state index in [1.54, 1.807) is 0 Å². The summed E-state index contributed by atoms with van der Waals surface area (Å²) in [6.07, 6.45) is 6.80. The van der Waals surface area contributed by atoms with E-state index >= 15 is 0 Å². The summed E-state index contributed by atoms with van der Waals surface area (Å²) in [6.45, 7) is 9.36. The van der Waals surface area contributed by atoms with Crippen LogP contribution in [-0.2, 0) is 0 Å². The van der Waals surface area contributed by atoms with Gasteiger partial charge < -0.3 is 5.21 Å². The van der Waals surface area contributed by atoms with E-state index in [0.29, 0.717) is 10.8 Å². The molecule has 2 heteroatoms. The Morgan fingerprint density at radius 1 is 1.27 bits per heavy atom. The zero-order valence-corrected chi connectivity index (χ0v) is 10.6. The summed E-state index contributed by atoms with van der Waals surface area (Å²) in [5.41, 5.74) is 1.85.